The van der Waals surface area contributed by atoms with Crippen LogP contribution in [-0.4, -0.2) is 11.4 Å². The molecule has 28 heavy (non-hydrogen) atoms. The fourth-order valence-corrected chi connectivity index (χ4v) is 3.40. The lowest BCUT2D eigenvalue weighted by Gasteiger charge is -2.10. The van der Waals surface area contributed by atoms with Crippen LogP contribution in [0.1, 0.15) is 47.2 Å². The smallest absolute Gasteiger partial charge is 0.0691 e. The predicted octanol–water partition coefficient (Wildman–Crippen LogP) is 7.20. The molecule has 0 saturated carbocycles. The number of aryl methyl sites for hydroxylation is 4. The molecule has 0 aliphatic rings. The van der Waals surface area contributed by atoms with E-state index in [1.54, 1.807) is 0 Å². The largest absolute Gasteiger partial charge is 0.253 e. The number of hydrogen-bond donors (Lipinski definition) is 0. The van der Waals surface area contributed by atoms with Gasteiger partial charge < -0.3 is 0 Å². The minimum atomic E-state index is 1.01. The number of para-hydroxylation sites is 2. The van der Waals surface area contributed by atoms with Crippen LogP contribution >= 0.6 is 0 Å². The normalized spacial score (nSPS) is 12.4. The fourth-order valence-electron chi connectivity index (χ4n) is 3.40. The Morgan fingerprint density at radius 3 is 1.21 bits per heavy atom. The fraction of sp³-hybridized carbons (Fsp3) is 0.231. The third kappa shape index (κ3) is 4.28. The number of aliphatic imine (C=N–C) groups is 2. The molecule has 0 N–H and O–H groups in total. The van der Waals surface area contributed by atoms with Crippen molar-refractivity contribution in [2.45, 2.75) is 41.5 Å². The van der Waals surface area contributed by atoms with Gasteiger partial charge in [-0.15, -0.1) is 0 Å². The summed E-state index contributed by atoms with van der Waals surface area (Å²) in [6.07, 6.45) is 0. The maximum absolute atomic E-state index is 4.92. The van der Waals surface area contributed by atoms with Gasteiger partial charge in [0.15, 0.2) is 0 Å². The monoisotopic (exact) mass is 368 g/mol. The minimum Gasteiger partial charge on any atom is -0.253 e. The Kier molecular flexibility index (Phi) is 5.89. The average Bonchev–Trinajstić information content (AvgIpc) is 2.67. The summed E-state index contributed by atoms with van der Waals surface area (Å²) in [5.41, 5.74) is 11.2. The van der Waals surface area contributed by atoms with E-state index in [0.717, 1.165) is 33.9 Å². The summed E-state index contributed by atoms with van der Waals surface area (Å²) in [6.45, 7) is 12.6. The van der Waals surface area contributed by atoms with E-state index >= 15 is 0 Å². The van der Waals surface area contributed by atoms with Gasteiger partial charge in [-0.1, -0.05) is 54.6 Å². The third-order valence-corrected chi connectivity index (χ3v) is 5.14. The van der Waals surface area contributed by atoms with Crippen LogP contribution in [0.2, 0.25) is 0 Å². The van der Waals surface area contributed by atoms with Gasteiger partial charge in [0, 0.05) is 11.4 Å². The van der Waals surface area contributed by atoms with Crippen molar-refractivity contribution in [3.8, 4) is 0 Å². The third-order valence-electron chi connectivity index (χ3n) is 5.14. The van der Waals surface area contributed by atoms with Crippen LogP contribution in [-0.2, 0) is 0 Å². The summed E-state index contributed by atoms with van der Waals surface area (Å²) in [6, 6.07) is 21.1. The summed E-state index contributed by atoms with van der Waals surface area (Å²) in [7, 11) is 0. The van der Waals surface area contributed by atoms with Crippen molar-refractivity contribution >= 4 is 22.8 Å². The highest BCUT2D eigenvalue weighted by molar-refractivity contribution is 6.05. The van der Waals surface area contributed by atoms with Crippen LogP contribution in [0.15, 0.2) is 70.6 Å². The van der Waals surface area contributed by atoms with Crippen LogP contribution in [0.25, 0.3) is 0 Å². The van der Waals surface area contributed by atoms with Gasteiger partial charge in [-0.05, 0) is 81.0 Å². The van der Waals surface area contributed by atoms with Crippen LogP contribution in [0.4, 0.5) is 11.4 Å². The van der Waals surface area contributed by atoms with Crippen molar-refractivity contribution in [2.24, 2.45) is 9.98 Å². The van der Waals surface area contributed by atoms with E-state index < -0.39 is 0 Å². The number of benzene rings is 3. The van der Waals surface area contributed by atoms with Crippen LogP contribution < -0.4 is 0 Å². The summed E-state index contributed by atoms with van der Waals surface area (Å²) in [5, 5.41) is 0. The Morgan fingerprint density at radius 2 is 0.857 bits per heavy atom. The summed E-state index contributed by atoms with van der Waals surface area (Å²) in [5.74, 6) is 0. The molecular weight excluding hydrogens is 340 g/mol. The maximum atomic E-state index is 4.92. The molecule has 2 nitrogen and oxygen atoms in total. The molecule has 0 heterocycles. The zero-order valence-electron chi connectivity index (χ0n) is 17.7. The van der Waals surface area contributed by atoms with E-state index in [9.17, 15) is 0 Å². The number of nitrogens with zero attached hydrogens (tertiary/aromatic N) is 2. The molecule has 0 bridgehead atoms. The highest BCUT2D eigenvalue weighted by Gasteiger charge is 2.07. The lowest BCUT2D eigenvalue weighted by Crippen LogP contribution is -2.00. The molecule has 0 aliphatic heterocycles. The first kappa shape index (κ1) is 19.8. The molecule has 0 saturated heterocycles. The highest BCUT2D eigenvalue weighted by Crippen LogP contribution is 2.26. The van der Waals surface area contributed by atoms with E-state index in [4.69, 9.17) is 9.98 Å². The van der Waals surface area contributed by atoms with Gasteiger partial charge in [-0.25, -0.2) is 0 Å². The SMILES string of the molecule is C/C(=N\c1c(C)cccc1C)c1cccc(/C(C)=N/c2c(C)cccc2C)c1. The summed E-state index contributed by atoms with van der Waals surface area (Å²) in [4.78, 5) is 9.84. The summed E-state index contributed by atoms with van der Waals surface area (Å²) < 4.78 is 0. The molecule has 0 amide bonds. The standard InChI is InChI=1S/C26H28N2/c1-17-10-7-11-18(2)25(17)27-21(5)23-14-9-15-24(16-23)22(6)28-26-19(3)12-8-13-20(26)4/h7-16H,1-6H3/b27-21+,28-22+. The Hall–Kier alpha value is -3.00. The van der Waals surface area contributed by atoms with Gasteiger partial charge in [0.05, 0.1) is 11.4 Å². The topological polar surface area (TPSA) is 24.7 Å². The molecule has 0 atom stereocenters. The van der Waals surface area contributed by atoms with Gasteiger partial charge >= 0.3 is 0 Å². The van der Waals surface area contributed by atoms with E-state index in [-0.39, 0.29) is 0 Å². The number of hydrogen-bond acceptors (Lipinski definition) is 2. The molecule has 0 aromatic heterocycles. The van der Waals surface area contributed by atoms with Gasteiger partial charge in [0.25, 0.3) is 0 Å². The van der Waals surface area contributed by atoms with Crippen molar-refractivity contribution in [1.29, 1.82) is 0 Å². The lowest BCUT2D eigenvalue weighted by molar-refractivity contribution is 1.31. The molecule has 3 aromatic carbocycles. The molecule has 2 heteroatoms. The van der Waals surface area contributed by atoms with Crippen LogP contribution in [0.5, 0.6) is 0 Å². The van der Waals surface area contributed by atoms with Crippen molar-refractivity contribution < 1.29 is 0 Å². The molecule has 0 aliphatic carbocycles. The molecule has 142 valence electrons. The van der Waals surface area contributed by atoms with Gasteiger partial charge in [-0.2, -0.15) is 0 Å². The van der Waals surface area contributed by atoms with Gasteiger partial charge in [0.2, 0.25) is 0 Å². The summed E-state index contributed by atoms with van der Waals surface area (Å²) >= 11 is 0. The number of rotatable bonds is 4. The Bertz CT molecular complexity index is 948. The Balaban J connectivity index is 1.98. The van der Waals surface area contributed by atoms with Gasteiger partial charge in [-0.3, -0.25) is 9.98 Å². The van der Waals surface area contributed by atoms with Crippen LogP contribution in [0.3, 0.4) is 0 Å². The molecular formula is C26H28N2. The zero-order valence-corrected chi connectivity index (χ0v) is 17.7. The van der Waals surface area contributed by atoms with Gasteiger partial charge in [0.1, 0.15) is 0 Å². The van der Waals surface area contributed by atoms with E-state index in [0.29, 0.717) is 0 Å². The van der Waals surface area contributed by atoms with E-state index in [1.165, 1.54) is 22.3 Å². The lowest BCUT2D eigenvalue weighted by atomic mass is 10.0. The minimum absolute atomic E-state index is 1.01. The highest BCUT2D eigenvalue weighted by atomic mass is 14.8. The zero-order chi connectivity index (χ0) is 20.3. The van der Waals surface area contributed by atoms with Crippen LogP contribution in [0, 0.1) is 27.7 Å². The molecule has 3 rings (SSSR count). The average molecular weight is 369 g/mol. The van der Waals surface area contributed by atoms with Crippen molar-refractivity contribution in [1.82, 2.24) is 0 Å². The second kappa shape index (κ2) is 8.35. The molecule has 3 aromatic rings. The first-order valence-corrected chi connectivity index (χ1v) is 9.70. The first-order valence-electron chi connectivity index (χ1n) is 9.70. The Morgan fingerprint density at radius 1 is 0.536 bits per heavy atom. The van der Waals surface area contributed by atoms with Crippen molar-refractivity contribution in [2.75, 3.05) is 0 Å². The first-order chi connectivity index (χ1) is 13.4. The quantitative estimate of drug-likeness (QED) is 0.435. The Labute approximate surface area is 168 Å². The van der Waals surface area contributed by atoms with E-state index in [1.807, 2.05) is 0 Å². The predicted molar refractivity (Wildman–Crippen MR) is 122 cm³/mol. The van der Waals surface area contributed by atoms with E-state index in [2.05, 4.69) is 102 Å². The molecule has 0 radical (unpaired) electrons. The second-order valence-electron chi connectivity index (χ2n) is 7.46. The maximum Gasteiger partial charge on any atom is 0.0691 e. The molecule has 0 unspecified atom stereocenters. The van der Waals surface area contributed by atoms with Crippen molar-refractivity contribution in [3.05, 3.63) is 94.0 Å². The molecule has 0 spiro atoms. The second-order valence-corrected chi connectivity index (χ2v) is 7.46. The molecule has 0 fully saturated rings. The van der Waals surface area contributed by atoms with Crippen molar-refractivity contribution in [3.63, 3.8) is 0 Å².